The fourth-order valence-corrected chi connectivity index (χ4v) is 9.00. The number of ether oxygens (including phenoxy) is 2. The standard InChI is InChI=1S/C33H47NO9/c1-19(2)16-26(30(40)41)34-28(38)8-9-29(39)42-18-27(37)33(43-20(3)35)15-12-25-23-7-6-21-17-22(36)10-13-31(21,4)24(23)11-14-32(25,33)5/h17,19,23-26H,6-16,18H2,1-5H3,(H,34,38)(H,40,41)/t23-,24+,25+,26+,31+,32+,33+/m1/s1. The first-order valence-electron chi connectivity index (χ1n) is 15.8. The van der Waals surface area contributed by atoms with Crippen molar-refractivity contribution >= 4 is 35.4 Å². The number of rotatable bonds is 11. The quantitative estimate of drug-likeness (QED) is 0.330. The summed E-state index contributed by atoms with van der Waals surface area (Å²) in [5.41, 5.74) is -0.798. The number of carbonyl (C=O) groups is 6. The third kappa shape index (κ3) is 6.29. The molecule has 0 aliphatic heterocycles. The molecule has 7 atom stereocenters. The molecule has 0 bridgehead atoms. The molecule has 0 radical (unpaired) electrons. The zero-order valence-electron chi connectivity index (χ0n) is 26.2. The van der Waals surface area contributed by atoms with E-state index < -0.39 is 53.3 Å². The number of esters is 2. The molecule has 0 spiro atoms. The minimum absolute atomic E-state index is 0.0318. The number of nitrogens with one attached hydrogen (secondary N) is 1. The molecule has 4 rings (SSSR count). The van der Waals surface area contributed by atoms with Crippen molar-refractivity contribution < 1.29 is 43.3 Å². The molecule has 0 aromatic heterocycles. The molecule has 0 saturated heterocycles. The van der Waals surface area contributed by atoms with Gasteiger partial charge in [0.05, 0.1) is 6.42 Å². The highest BCUT2D eigenvalue weighted by Crippen LogP contribution is 2.68. The van der Waals surface area contributed by atoms with Gasteiger partial charge in [0.15, 0.2) is 18.0 Å². The minimum Gasteiger partial charge on any atom is -0.480 e. The third-order valence-electron chi connectivity index (χ3n) is 11.1. The van der Waals surface area contributed by atoms with Crippen LogP contribution in [0.25, 0.3) is 0 Å². The molecular formula is C33H47NO9. The summed E-state index contributed by atoms with van der Waals surface area (Å²) >= 11 is 0. The number of amides is 1. The van der Waals surface area contributed by atoms with Gasteiger partial charge in [-0.25, -0.2) is 4.79 Å². The molecule has 4 aliphatic carbocycles. The van der Waals surface area contributed by atoms with Gasteiger partial charge in [-0.15, -0.1) is 0 Å². The molecule has 10 nitrogen and oxygen atoms in total. The van der Waals surface area contributed by atoms with Gasteiger partial charge in [-0.2, -0.15) is 0 Å². The van der Waals surface area contributed by atoms with E-state index in [0.717, 1.165) is 32.1 Å². The van der Waals surface area contributed by atoms with Gasteiger partial charge in [-0.05, 0) is 86.5 Å². The predicted molar refractivity (Wildman–Crippen MR) is 155 cm³/mol. The largest absolute Gasteiger partial charge is 0.480 e. The molecule has 3 fully saturated rings. The Morgan fingerprint density at radius 2 is 1.70 bits per heavy atom. The van der Waals surface area contributed by atoms with Crippen LogP contribution in [0.3, 0.4) is 0 Å². The summed E-state index contributed by atoms with van der Waals surface area (Å²) in [7, 11) is 0. The van der Waals surface area contributed by atoms with Crippen molar-refractivity contribution in [3.63, 3.8) is 0 Å². The predicted octanol–water partition coefficient (Wildman–Crippen LogP) is 4.33. The van der Waals surface area contributed by atoms with Crippen molar-refractivity contribution in [1.82, 2.24) is 5.32 Å². The fourth-order valence-electron chi connectivity index (χ4n) is 9.00. The first kappa shape index (κ1) is 32.9. The van der Waals surface area contributed by atoms with Crippen LogP contribution in [0.4, 0.5) is 0 Å². The van der Waals surface area contributed by atoms with Crippen molar-refractivity contribution in [2.75, 3.05) is 6.61 Å². The van der Waals surface area contributed by atoms with E-state index >= 15 is 0 Å². The second-order valence-corrected chi connectivity index (χ2v) is 14.1. The maximum absolute atomic E-state index is 13.9. The summed E-state index contributed by atoms with van der Waals surface area (Å²) in [5.74, 6) is -2.34. The molecule has 4 aliphatic rings. The highest BCUT2D eigenvalue weighted by Gasteiger charge is 2.68. The maximum atomic E-state index is 13.9. The number of carboxylic acids is 1. The second kappa shape index (κ2) is 12.5. The smallest absolute Gasteiger partial charge is 0.326 e. The van der Waals surface area contributed by atoms with Gasteiger partial charge in [-0.1, -0.05) is 33.3 Å². The van der Waals surface area contributed by atoms with E-state index in [1.54, 1.807) is 0 Å². The lowest BCUT2D eigenvalue weighted by Gasteiger charge is -2.59. The van der Waals surface area contributed by atoms with E-state index in [9.17, 15) is 33.9 Å². The molecular weight excluding hydrogens is 554 g/mol. The van der Waals surface area contributed by atoms with E-state index in [4.69, 9.17) is 9.47 Å². The number of carboxylic acid groups (broad SMARTS) is 1. The zero-order chi connectivity index (χ0) is 31.7. The number of fused-ring (bicyclic) bond motifs is 5. The summed E-state index contributed by atoms with van der Waals surface area (Å²) < 4.78 is 11.2. The van der Waals surface area contributed by atoms with Crippen molar-refractivity contribution in [2.24, 2.45) is 34.5 Å². The Labute approximate surface area is 253 Å². The van der Waals surface area contributed by atoms with Gasteiger partial charge >= 0.3 is 17.9 Å². The van der Waals surface area contributed by atoms with E-state index in [2.05, 4.69) is 12.2 Å². The average molecular weight is 602 g/mol. The molecule has 2 N–H and O–H groups in total. The Morgan fingerprint density at radius 3 is 2.35 bits per heavy atom. The van der Waals surface area contributed by atoms with Crippen LogP contribution in [0, 0.1) is 34.5 Å². The van der Waals surface area contributed by atoms with Crippen molar-refractivity contribution in [1.29, 1.82) is 0 Å². The number of Topliss-reactive ketones (excluding diaryl/α,β-unsaturated/α-hetero) is 1. The SMILES string of the molecule is CC(=O)O[C@]1(C(=O)COC(=O)CCC(=O)N[C@@H](CC(C)C)C(=O)O)CC[C@H]2[C@@H]3CCC4=CC(=O)CC[C@]4(C)[C@H]3CC[C@@]21C. The Hall–Kier alpha value is -3.04. The zero-order valence-corrected chi connectivity index (χ0v) is 26.2. The number of hydrogen-bond donors (Lipinski definition) is 2. The van der Waals surface area contributed by atoms with Crippen LogP contribution in [0.5, 0.6) is 0 Å². The first-order valence-corrected chi connectivity index (χ1v) is 15.8. The number of carbonyl (C=O) groups excluding carboxylic acids is 5. The number of allylic oxidation sites excluding steroid dienone is 1. The molecule has 1 amide bonds. The molecule has 0 aromatic carbocycles. The average Bonchev–Trinajstić information content (AvgIpc) is 3.22. The second-order valence-electron chi connectivity index (χ2n) is 14.1. The van der Waals surface area contributed by atoms with Crippen LogP contribution in [0.1, 0.15) is 105 Å². The Kier molecular flexibility index (Phi) is 9.57. The molecule has 0 heterocycles. The highest BCUT2D eigenvalue weighted by atomic mass is 16.6. The third-order valence-corrected chi connectivity index (χ3v) is 11.1. The summed E-state index contributed by atoms with van der Waals surface area (Å²) in [6, 6.07) is -1.05. The lowest BCUT2D eigenvalue weighted by atomic mass is 9.46. The van der Waals surface area contributed by atoms with E-state index in [0.29, 0.717) is 31.1 Å². The number of ketones is 2. The molecule has 0 unspecified atom stereocenters. The lowest BCUT2D eigenvalue weighted by Crippen LogP contribution is -2.59. The monoisotopic (exact) mass is 601 g/mol. The Balaban J connectivity index is 1.42. The Bertz CT molecular complexity index is 1210. The number of aliphatic carboxylic acids is 1. The summed E-state index contributed by atoms with van der Waals surface area (Å²) in [6.45, 7) is 8.75. The van der Waals surface area contributed by atoms with Crippen LogP contribution < -0.4 is 5.32 Å². The Morgan fingerprint density at radius 1 is 1.00 bits per heavy atom. The van der Waals surface area contributed by atoms with Gasteiger partial charge in [0, 0.05) is 25.2 Å². The van der Waals surface area contributed by atoms with Crippen molar-refractivity contribution in [2.45, 2.75) is 117 Å². The molecule has 43 heavy (non-hydrogen) atoms. The van der Waals surface area contributed by atoms with Crippen LogP contribution in [0.2, 0.25) is 0 Å². The summed E-state index contributed by atoms with van der Waals surface area (Å²) in [6.07, 6.45) is 7.37. The van der Waals surface area contributed by atoms with Crippen molar-refractivity contribution in [3.05, 3.63) is 11.6 Å². The van der Waals surface area contributed by atoms with Crippen LogP contribution >= 0.6 is 0 Å². The van der Waals surface area contributed by atoms with Gasteiger partial charge in [0.2, 0.25) is 11.7 Å². The lowest BCUT2D eigenvalue weighted by molar-refractivity contribution is -0.191. The summed E-state index contributed by atoms with van der Waals surface area (Å²) in [4.78, 5) is 74.6. The summed E-state index contributed by atoms with van der Waals surface area (Å²) in [5, 5.41) is 11.8. The first-order chi connectivity index (χ1) is 20.1. The minimum atomic E-state index is -1.41. The van der Waals surface area contributed by atoms with E-state index in [1.165, 1.54) is 12.5 Å². The van der Waals surface area contributed by atoms with Crippen LogP contribution in [0.15, 0.2) is 11.6 Å². The highest BCUT2D eigenvalue weighted by molar-refractivity contribution is 5.94. The fraction of sp³-hybridized carbons (Fsp3) is 0.758. The van der Waals surface area contributed by atoms with Crippen molar-refractivity contribution in [3.8, 4) is 0 Å². The molecule has 10 heteroatoms. The molecule has 3 saturated carbocycles. The van der Waals surface area contributed by atoms with Gasteiger partial charge in [0.1, 0.15) is 6.04 Å². The number of hydrogen-bond acceptors (Lipinski definition) is 8. The van der Waals surface area contributed by atoms with Gasteiger partial charge < -0.3 is 19.9 Å². The molecule has 0 aromatic rings. The normalized spacial score (nSPS) is 33.8. The van der Waals surface area contributed by atoms with Gasteiger partial charge in [-0.3, -0.25) is 24.0 Å². The topological polar surface area (TPSA) is 153 Å². The van der Waals surface area contributed by atoms with Crippen LogP contribution in [-0.4, -0.2) is 58.7 Å². The van der Waals surface area contributed by atoms with Crippen LogP contribution in [-0.2, 0) is 38.2 Å². The van der Waals surface area contributed by atoms with E-state index in [1.807, 2.05) is 26.8 Å². The molecule has 238 valence electrons. The maximum Gasteiger partial charge on any atom is 0.326 e. The van der Waals surface area contributed by atoms with E-state index in [-0.39, 0.29) is 42.3 Å². The van der Waals surface area contributed by atoms with Gasteiger partial charge in [0.25, 0.3) is 0 Å².